The molecule has 1 unspecified atom stereocenters. The van der Waals surface area contributed by atoms with Crippen LogP contribution in [0.1, 0.15) is 23.6 Å². The van der Waals surface area contributed by atoms with Gasteiger partial charge in [0.05, 0.1) is 6.61 Å². The van der Waals surface area contributed by atoms with Crippen LogP contribution in [0.25, 0.3) is 0 Å². The largest absolute Gasteiger partial charge is 0.467 e. The molecular formula is C12H17NO2. The van der Waals surface area contributed by atoms with Crippen LogP contribution in [-0.4, -0.2) is 12.8 Å². The average molecular weight is 207 g/mol. The van der Waals surface area contributed by atoms with E-state index >= 15 is 0 Å². The minimum atomic E-state index is 0.156. The van der Waals surface area contributed by atoms with Crippen LogP contribution in [-0.2, 0) is 17.8 Å². The third-order valence-electron chi connectivity index (χ3n) is 2.65. The van der Waals surface area contributed by atoms with Crippen molar-refractivity contribution in [2.75, 3.05) is 6.79 Å². The van der Waals surface area contributed by atoms with Crippen molar-refractivity contribution in [3.05, 3.63) is 28.8 Å². The van der Waals surface area contributed by atoms with E-state index in [1.54, 1.807) is 0 Å². The van der Waals surface area contributed by atoms with Crippen molar-refractivity contribution in [3.63, 3.8) is 0 Å². The summed E-state index contributed by atoms with van der Waals surface area (Å²) >= 11 is 0. The second-order valence-electron chi connectivity index (χ2n) is 4.14. The highest BCUT2D eigenvalue weighted by atomic mass is 16.7. The molecule has 1 aromatic carbocycles. The van der Waals surface area contributed by atoms with Crippen molar-refractivity contribution in [2.45, 2.75) is 32.9 Å². The van der Waals surface area contributed by atoms with Gasteiger partial charge in [-0.15, -0.1) is 0 Å². The van der Waals surface area contributed by atoms with Crippen molar-refractivity contribution in [1.29, 1.82) is 0 Å². The smallest absolute Gasteiger partial charge is 0.189 e. The maximum absolute atomic E-state index is 5.81. The highest BCUT2D eigenvalue weighted by molar-refractivity contribution is 5.46. The molecule has 1 heterocycles. The number of nitrogens with two attached hydrogens (primary N) is 1. The van der Waals surface area contributed by atoms with Gasteiger partial charge in [0.25, 0.3) is 0 Å². The van der Waals surface area contributed by atoms with E-state index in [1.807, 2.05) is 6.92 Å². The Hall–Kier alpha value is -1.06. The molecule has 1 aliphatic rings. The standard InChI is InChI=1S/C12H17NO2/c1-8-3-4-10(5-9(2)13)12-11(8)6-14-7-15-12/h3-4,9H,5-7,13H2,1-2H3. The molecular weight excluding hydrogens is 190 g/mol. The van der Waals surface area contributed by atoms with Gasteiger partial charge in [-0.2, -0.15) is 0 Å². The lowest BCUT2D eigenvalue weighted by Gasteiger charge is -2.23. The Bertz CT molecular complexity index is 361. The molecule has 1 aliphatic heterocycles. The fourth-order valence-corrected chi connectivity index (χ4v) is 1.89. The molecule has 0 aliphatic carbocycles. The van der Waals surface area contributed by atoms with Crippen LogP contribution in [0.5, 0.6) is 5.75 Å². The van der Waals surface area contributed by atoms with Crippen LogP contribution in [0.4, 0.5) is 0 Å². The second-order valence-corrected chi connectivity index (χ2v) is 4.14. The van der Waals surface area contributed by atoms with E-state index in [1.165, 1.54) is 16.7 Å². The van der Waals surface area contributed by atoms with Gasteiger partial charge < -0.3 is 15.2 Å². The lowest BCUT2D eigenvalue weighted by atomic mass is 9.99. The van der Waals surface area contributed by atoms with Gasteiger partial charge in [-0.3, -0.25) is 0 Å². The maximum Gasteiger partial charge on any atom is 0.189 e. The van der Waals surface area contributed by atoms with Crippen molar-refractivity contribution in [1.82, 2.24) is 0 Å². The molecule has 0 radical (unpaired) electrons. The first kappa shape index (κ1) is 10.5. The molecule has 0 aromatic heterocycles. The van der Waals surface area contributed by atoms with E-state index in [0.29, 0.717) is 13.4 Å². The lowest BCUT2D eigenvalue weighted by molar-refractivity contribution is -0.0174. The van der Waals surface area contributed by atoms with Gasteiger partial charge in [0.15, 0.2) is 6.79 Å². The van der Waals surface area contributed by atoms with Crippen LogP contribution in [0.15, 0.2) is 12.1 Å². The molecule has 15 heavy (non-hydrogen) atoms. The molecule has 0 saturated heterocycles. The Balaban J connectivity index is 2.39. The van der Waals surface area contributed by atoms with Crippen LogP contribution >= 0.6 is 0 Å². The molecule has 3 nitrogen and oxygen atoms in total. The predicted molar refractivity (Wildman–Crippen MR) is 58.8 cm³/mol. The monoisotopic (exact) mass is 207 g/mol. The third-order valence-corrected chi connectivity index (χ3v) is 2.65. The number of hydrogen-bond donors (Lipinski definition) is 1. The van der Waals surface area contributed by atoms with Gasteiger partial charge >= 0.3 is 0 Å². The van der Waals surface area contributed by atoms with Gasteiger partial charge in [-0.25, -0.2) is 0 Å². The van der Waals surface area contributed by atoms with Gasteiger partial charge in [0.2, 0.25) is 0 Å². The van der Waals surface area contributed by atoms with E-state index in [0.717, 1.165) is 12.2 Å². The molecule has 0 amide bonds. The van der Waals surface area contributed by atoms with E-state index in [4.69, 9.17) is 15.2 Å². The lowest BCUT2D eigenvalue weighted by Crippen LogP contribution is -2.20. The third kappa shape index (κ3) is 2.13. The molecule has 2 N–H and O–H groups in total. The van der Waals surface area contributed by atoms with E-state index < -0.39 is 0 Å². The van der Waals surface area contributed by atoms with Gasteiger partial charge in [0.1, 0.15) is 5.75 Å². The molecule has 0 spiro atoms. The van der Waals surface area contributed by atoms with E-state index in [-0.39, 0.29) is 6.04 Å². The van der Waals surface area contributed by atoms with Crippen molar-refractivity contribution >= 4 is 0 Å². The summed E-state index contributed by atoms with van der Waals surface area (Å²) in [4.78, 5) is 0. The number of hydrogen-bond acceptors (Lipinski definition) is 3. The van der Waals surface area contributed by atoms with Gasteiger partial charge in [0, 0.05) is 11.6 Å². The fourth-order valence-electron chi connectivity index (χ4n) is 1.89. The van der Waals surface area contributed by atoms with Gasteiger partial charge in [-0.05, 0) is 31.4 Å². The van der Waals surface area contributed by atoms with E-state index in [2.05, 4.69) is 19.1 Å². The molecule has 0 fully saturated rings. The average Bonchev–Trinajstić information content (AvgIpc) is 2.22. The summed E-state index contributed by atoms with van der Waals surface area (Å²) in [5.74, 6) is 0.985. The number of ether oxygens (including phenoxy) is 2. The minimum absolute atomic E-state index is 0.156. The minimum Gasteiger partial charge on any atom is -0.467 e. The van der Waals surface area contributed by atoms with Crippen molar-refractivity contribution < 1.29 is 9.47 Å². The van der Waals surface area contributed by atoms with Crippen LogP contribution in [0.3, 0.4) is 0 Å². The van der Waals surface area contributed by atoms with Crippen LogP contribution in [0.2, 0.25) is 0 Å². The number of benzene rings is 1. The molecule has 2 rings (SSSR count). The summed E-state index contributed by atoms with van der Waals surface area (Å²) in [5.41, 5.74) is 9.38. The highest BCUT2D eigenvalue weighted by Crippen LogP contribution is 2.31. The fraction of sp³-hybridized carbons (Fsp3) is 0.500. The van der Waals surface area contributed by atoms with Crippen LogP contribution in [0, 0.1) is 6.92 Å². The Morgan fingerprint density at radius 2 is 2.27 bits per heavy atom. The zero-order valence-electron chi connectivity index (χ0n) is 9.25. The summed E-state index contributed by atoms with van der Waals surface area (Å²) in [6, 6.07) is 4.36. The zero-order valence-corrected chi connectivity index (χ0v) is 9.25. The maximum atomic E-state index is 5.81. The normalized spacial score (nSPS) is 16.7. The SMILES string of the molecule is Cc1ccc(CC(C)N)c2c1COCO2. The molecule has 3 heteroatoms. The summed E-state index contributed by atoms with van der Waals surface area (Å²) in [5, 5.41) is 0. The zero-order chi connectivity index (χ0) is 10.8. The molecule has 82 valence electrons. The quantitative estimate of drug-likeness (QED) is 0.803. The Morgan fingerprint density at radius 3 is 3.00 bits per heavy atom. The van der Waals surface area contributed by atoms with Crippen molar-refractivity contribution in [2.24, 2.45) is 5.73 Å². The van der Waals surface area contributed by atoms with Crippen LogP contribution < -0.4 is 10.5 Å². The Labute approximate surface area is 90.2 Å². The van der Waals surface area contributed by atoms with Crippen molar-refractivity contribution in [3.8, 4) is 5.75 Å². The molecule has 1 aromatic rings. The van der Waals surface area contributed by atoms with E-state index in [9.17, 15) is 0 Å². The predicted octanol–water partition coefficient (Wildman–Crippen LogP) is 1.75. The summed E-state index contributed by atoms with van der Waals surface area (Å²) in [7, 11) is 0. The Kier molecular flexibility index (Phi) is 2.93. The first-order chi connectivity index (χ1) is 7.18. The second kappa shape index (κ2) is 4.21. The first-order valence-electron chi connectivity index (χ1n) is 5.26. The molecule has 1 atom stereocenters. The summed E-state index contributed by atoms with van der Waals surface area (Å²) in [6.07, 6.45) is 0.850. The first-order valence-corrected chi connectivity index (χ1v) is 5.26. The number of aryl methyl sites for hydroxylation is 1. The van der Waals surface area contributed by atoms with Gasteiger partial charge in [-0.1, -0.05) is 12.1 Å². The number of rotatable bonds is 2. The summed E-state index contributed by atoms with van der Waals surface area (Å²) < 4.78 is 10.8. The molecule has 0 bridgehead atoms. The molecule has 0 saturated carbocycles. The summed E-state index contributed by atoms with van der Waals surface area (Å²) in [6.45, 7) is 5.08. The Morgan fingerprint density at radius 1 is 1.47 bits per heavy atom. The highest BCUT2D eigenvalue weighted by Gasteiger charge is 2.17. The topological polar surface area (TPSA) is 44.5 Å². The number of fused-ring (bicyclic) bond motifs is 1.